The number of nitrogens with zero attached hydrogens (tertiary/aromatic N) is 1. The third-order valence-corrected chi connectivity index (χ3v) is 3.16. The van der Waals surface area contributed by atoms with Crippen molar-refractivity contribution in [1.29, 1.82) is 0 Å². The van der Waals surface area contributed by atoms with Crippen LogP contribution >= 0.6 is 0 Å². The molecule has 0 bridgehead atoms. The van der Waals surface area contributed by atoms with Crippen LogP contribution in [0.25, 0.3) is 0 Å². The molecule has 4 heteroatoms. The van der Waals surface area contributed by atoms with Crippen LogP contribution in [-0.4, -0.2) is 42.2 Å². The quantitative estimate of drug-likeness (QED) is 0.765. The van der Waals surface area contributed by atoms with Gasteiger partial charge in [0.15, 0.2) is 0 Å². The second kappa shape index (κ2) is 7.13. The smallest absolute Gasteiger partial charge is 0.320 e. The van der Waals surface area contributed by atoms with E-state index in [1.54, 1.807) is 0 Å². The summed E-state index contributed by atoms with van der Waals surface area (Å²) < 4.78 is 0. The fourth-order valence-electron chi connectivity index (χ4n) is 1.80. The van der Waals surface area contributed by atoms with Gasteiger partial charge in [0.05, 0.1) is 0 Å². The second-order valence-electron chi connectivity index (χ2n) is 4.71. The molecule has 0 aliphatic rings. The minimum Gasteiger partial charge on any atom is -0.480 e. The normalized spacial score (nSPS) is 12.7. The Morgan fingerprint density at radius 1 is 1.39 bits per heavy atom. The van der Waals surface area contributed by atoms with Crippen LogP contribution in [0.1, 0.15) is 17.5 Å². The molecule has 0 saturated carbocycles. The molecule has 0 radical (unpaired) electrons. The molecule has 4 nitrogen and oxygen atoms in total. The molecule has 0 aliphatic heterocycles. The number of aliphatic carboxylic acids is 1. The zero-order chi connectivity index (χ0) is 13.5. The van der Waals surface area contributed by atoms with Crippen LogP contribution in [-0.2, 0) is 11.2 Å². The molecule has 1 rings (SSSR count). The van der Waals surface area contributed by atoms with Crippen LogP contribution in [0.4, 0.5) is 0 Å². The summed E-state index contributed by atoms with van der Waals surface area (Å²) in [4.78, 5) is 12.7. The van der Waals surface area contributed by atoms with E-state index in [1.807, 2.05) is 19.2 Å². The lowest BCUT2D eigenvalue weighted by atomic mass is 10.1. The Kier molecular flexibility index (Phi) is 5.82. The molecule has 1 atom stereocenters. The van der Waals surface area contributed by atoms with E-state index in [-0.39, 0.29) is 0 Å². The molecule has 1 unspecified atom stereocenters. The van der Waals surface area contributed by atoms with E-state index >= 15 is 0 Å². The fraction of sp³-hybridized carbons (Fsp3) is 0.500. The van der Waals surface area contributed by atoms with Gasteiger partial charge in [-0.3, -0.25) is 4.79 Å². The lowest BCUT2D eigenvalue weighted by molar-refractivity contribution is -0.138. The summed E-state index contributed by atoms with van der Waals surface area (Å²) in [7, 11) is 1.99. The number of carboxylic acid groups (broad SMARTS) is 1. The number of carboxylic acids is 1. The number of likely N-dealkylation sites (N-methyl/N-ethyl adjacent to an activating group) is 1. The van der Waals surface area contributed by atoms with Crippen LogP contribution in [0.3, 0.4) is 0 Å². The van der Waals surface area contributed by atoms with E-state index in [0.29, 0.717) is 13.0 Å². The molecule has 3 N–H and O–H groups in total. The molecule has 18 heavy (non-hydrogen) atoms. The molecule has 1 aromatic carbocycles. The van der Waals surface area contributed by atoms with Crippen molar-refractivity contribution < 1.29 is 9.90 Å². The highest BCUT2D eigenvalue weighted by atomic mass is 16.4. The predicted molar refractivity (Wildman–Crippen MR) is 72.6 cm³/mol. The van der Waals surface area contributed by atoms with E-state index < -0.39 is 12.0 Å². The Morgan fingerprint density at radius 3 is 2.67 bits per heavy atom. The van der Waals surface area contributed by atoms with Gasteiger partial charge in [0.1, 0.15) is 6.04 Å². The first-order valence-electron chi connectivity index (χ1n) is 6.22. The van der Waals surface area contributed by atoms with Crippen molar-refractivity contribution in [2.45, 2.75) is 25.8 Å². The van der Waals surface area contributed by atoms with Crippen molar-refractivity contribution >= 4 is 5.97 Å². The van der Waals surface area contributed by atoms with Gasteiger partial charge in [0.25, 0.3) is 0 Å². The molecule has 0 aliphatic carbocycles. The molecule has 0 spiro atoms. The summed E-state index contributed by atoms with van der Waals surface area (Å²) in [5.41, 5.74) is 8.11. The van der Waals surface area contributed by atoms with E-state index in [4.69, 9.17) is 10.8 Å². The summed E-state index contributed by atoms with van der Waals surface area (Å²) in [5, 5.41) is 8.70. The average molecular weight is 250 g/mol. The van der Waals surface area contributed by atoms with E-state index in [0.717, 1.165) is 13.0 Å². The van der Waals surface area contributed by atoms with E-state index in [2.05, 4.69) is 24.0 Å². The van der Waals surface area contributed by atoms with Crippen molar-refractivity contribution in [1.82, 2.24) is 4.90 Å². The molecular formula is C14H22N2O2. The van der Waals surface area contributed by atoms with Gasteiger partial charge in [0.2, 0.25) is 0 Å². The summed E-state index contributed by atoms with van der Waals surface area (Å²) >= 11 is 0. The zero-order valence-electron chi connectivity index (χ0n) is 11.1. The monoisotopic (exact) mass is 250 g/mol. The molecule has 100 valence electrons. The lowest BCUT2D eigenvalue weighted by Gasteiger charge is -2.18. The second-order valence-corrected chi connectivity index (χ2v) is 4.71. The van der Waals surface area contributed by atoms with Crippen molar-refractivity contribution in [2.24, 2.45) is 5.73 Å². The Bertz CT molecular complexity index is 393. The maximum atomic E-state index is 10.6. The van der Waals surface area contributed by atoms with E-state index in [9.17, 15) is 4.79 Å². The minimum atomic E-state index is -0.928. The van der Waals surface area contributed by atoms with Gasteiger partial charge in [-0.2, -0.15) is 0 Å². The molecule has 1 aromatic rings. The number of carbonyl (C=O) groups is 1. The minimum absolute atomic E-state index is 0.486. The average Bonchev–Trinajstić information content (AvgIpc) is 2.34. The number of rotatable bonds is 7. The highest BCUT2D eigenvalue weighted by molar-refractivity contribution is 5.72. The third-order valence-electron chi connectivity index (χ3n) is 3.16. The molecule has 0 aromatic heterocycles. The highest BCUT2D eigenvalue weighted by Gasteiger charge is 2.12. The van der Waals surface area contributed by atoms with Crippen LogP contribution in [0, 0.1) is 6.92 Å². The number of hydrogen-bond donors (Lipinski definition) is 2. The first-order valence-corrected chi connectivity index (χ1v) is 6.22. The molecule has 0 heterocycles. The van der Waals surface area contributed by atoms with Gasteiger partial charge in [-0.15, -0.1) is 0 Å². The Morgan fingerprint density at radius 2 is 2.06 bits per heavy atom. The largest absolute Gasteiger partial charge is 0.480 e. The third kappa shape index (κ3) is 4.85. The SMILES string of the molecule is Cc1ccccc1CCN(C)CCC(N)C(=O)O. The zero-order valence-corrected chi connectivity index (χ0v) is 11.1. The molecular weight excluding hydrogens is 228 g/mol. The van der Waals surface area contributed by atoms with Crippen molar-refractivity contribution in [3.05, 3.63) is 35.4 Å². The predicted octanol–water partition coefficient (Wildman–Crippen LogP) is 1.27. The number of benzene rings is 1. The van der Waals surface area contributed by atoms with Gasteiger partial charge < -0.3 is 15.7 Å². The summed E-state index contributed by atoms with van der Waals surface area (Å²) in [6.07, 6.45) is 1.46. The van der Waals surface area contributed by atoms with Crippen LogP contribution in [0.2, 0.25) is 0 Å². The number of hydrogen-bond acceptors (Lipinski definition) is 3. The standard InChI is InChI=1S/C14H22N2O2/c1-11-5-3-4-6-12(11)7-9-16(2)10-8-13(15)14(17)18/h3-6,13H,7-10,15H2,1-2H3,(H,17,18). The van der Waals surface area contributed by atoms with Crippen molar-refractivity contribution in [3.8, 4) is 0 Å². The van der Waals surface area contributed by atoms with Gasteiger partial charge >= 0.3 is 5.97 Å². The Labute approximate surface area is 108 Å². The summed E-state index contributed by atoms with van der Waals surface area (Å²) in [5.74, 6) is -0.928. The van der Waals surface area contributed by atoms with E-state index in [1.165, 1.54) is 11.1 Å². The molecule has 0 fully saturated rings. The van der Waals surface area contributed by atoms with Gasteiger partial charge in [-0.1, -0.05) is 24.3 Å². The lowest BCUT2D eigenvalue weighted by Crippen LogP contribution is -2.34. The van der Waals surface area contributed by atoms with Gasteiger partial charge in [-0.05, 0) is 44.5 Å². The van der Waals surface area contributed by atoms with Crippen molar-refractivity contribution in [3.63, 3.8) is 0 Å². The van der Waals surface area contributed by atoms with Crippen LogP contribution in [0.15, 0.2) is 24.3 Å². The Balaban J connectivity index is 2.31. The first-order chi connectivity index (χ1) is 8.50. The maximum absolute atomic E-state index is 10.6. The number of aryl methyl sites for hydroxylation is 1. The van der Waals surface area contributed by atoms with Crippen LogP contribution < -0.4 is 5.73 Å². The Hall–Kier alpha value is -1.39. The van der Waals surface area contributed by atoms with Gasteiger partial charge in [-0.25, -0.2) is 0 Å². The fourth-order valence-corrected chi connectivity index (χ4v) is 1.80. The van der Waals surface area contributed by atoms with Crippen molar-refractivity contribution in [2.75, 3.05) is 20.1 Å². The summed E-state index contributed by atoms with van der Waals surface area (Å²) in [6, 6.07) is 7.56. The number of nitrogens with two attached hydrogens (primary N) is 1. The van der Waals surface area contributed by atoms with Gasteiger partial charge in [0, 0.05) is 6.54 Å². The first kappa shape index (κ1) is 14.7. The molecule has 0 amide bonds. The molecule has 0 saturated heterocycles. The van der Waals surface area contributed by atoms with Crippen LogP contribution in [0.5, 0.6) is 0 Å². The maximum Gasteiger partial charge on any atom is 0.320 e. The topological polar surface area (TPSA) is 66.6 Å². The highest BCUT2D eigenvalue weighted by Crippen LogP contribution is 2.08. The summed E-state index contributed by atoms with van der Waals surface area (Å²) in [6.45, 7) is 3.73.